The summed E-state index contributed by atoms with van der Waals surface area (Å²) in [5, 5.41) is 13.1. The van der Waals surface area contributed by atoms with Crippen LogP contribution in [0.3, 0.4) is 0 Å². The first-order valence-corrected chi connectivity index (χ1v) is 6.37. The van der Waals surface area contributed by atoms with Crippen molar-refractivity contribution in [2.24, 2.45) is 7.05 Å². The predicted octanol–water partition coefficient (Wildman–Crippen LogP) is 2.11. The van der Waals surface area contributed by atoms with E-state index in [-0.39, 0.29) is 11.1 Å². The van der Waals surface area contributed by atoms with Crippen molar-refractivity contribution >= 4 is 0 Å². The highest BCUT2D eigenvalue weighted by molar-refractivity contribution is 5.61. The number of benzene rings is 1. The molecule has 0 aliphatic carbocycles. The fraction of sp³-hybridized carbons (Fsp3) is 0.267. The molecule has 0 unspecified atom stereocenters. The summed E-state index contributed by atoms with van der Waals surface area (Å²) >= 11 is 0. The maximum absolute atomic E-state index is 11.6. The van der Waals surface area contributed by atoms with E-state index in [0.717, 1.165) is 17.7 Å². The molecule has 5 heteroatoms. The second-order valence-electron chi connectivity index (χ2n) is 4.36. The van der Waals surface area contributed by atoms with Crippen LogP contribution in [-0.4, -0.2) is 16.4 Å². The van der Waals surface area contributed by atoms with Gasteiger partial charge in [0.25, 0.3) is 5.56 Å². The highest BCUT2D eigenvalue weighted by Crippen LogP contribution is 2.20. The molecule has 1 aromatic carbocycles. The van der Waals surface area contributed by atoms with Gasteiger partial charge < -0.3 is 4.74 Å². The van der Waals surface area contributed by atoms with E-state index in [1.165, 1.54) is 17.8 Å². The van der Waals surface area contributed by atoms with Gasteiger partial charge in [0.2, 0.25) is 0 Å². The van der Waals surface area contributed by atoms with Crippen LogP contribution in [0, 0.1) is 11.3 Å². The topological polar surface area (TPSA) is 67.9 Å². The lowest BCUT2D eigenvalue weighted by Gasteiger charge is -2.07. The average Bonchev–Trinajstić information content (AvgIpc) is 2.48. The summed E-state index contributed by atoms with van der Waals surface area (Å²) in [7, 11) is 1.53. The molecule has 0 saturated heterocycles. The highest BCUT2D eigenvalue weighted by Gasteiger charge is 2.07. The molecule has 5 nitrogen and oxygen atoms in total. The Kier molecular flexibility index (Phi) is 4.16. The number of nitriles is 1. The molecule has 0 N–H and O–H groups in total. The Morgan fingerprint density at radius 3 is 2.65 bits per heavy atom. The van der Waals surface area contributed by atoms with E-state index in [9.17, 15) is 4.79 Å². The molecule has 102 valence electrons. The molecule has 1 aromatic heterocycles. The lowest BCUT2D eigenvalue weighted by atomic mass is 10.1. The SMILES string of the molecule is CCCOc1ccc(-c2cc(C#N)c(=O)n(C)n2)cc1. The van der Waals surface area contributed by atoms with Gasteiger partial charge in [-0.25, -0.2) is 4.68 Å². The number of aromatic nitrogens is 2. The maximum Gasteiger partial charge on any atom is 0.284 e. The van der Waals surface area contributed by atoms with Crippen molar-refractivity contribution in [2.75, 3.05) is 6.61 Å². The molecule has 0 aliphatic rings. The Morgan fingerprint density at radius 1 is 1.35 bits per heavy atom. The molecular formula is C15H15N3O2. The third kappa shape index (κ3) is 2.86. The van der Waals surface area contributed by atoms with Gasteiger partial charge in [-0.15, -0.1) is 0 Å². The summed E-state index contributed by atoms with van der Waals surface area (Å²) in [4.78, 5) is 11.6. The number of nitrogens with zero attached hydrogens (tertiary/aromatic N) is 3. The Hall–Kier alpha value is -2.61. The Morgan fingerprint density at radius 2 is 2.05 bits per heavy atom. The van der Waals surface area contributed by atoms with E-state index in [4.69, 9.17) is 10.00 Å². The van der Waals surface area contributed by atoms with Crippen LogP contribution in [-0.2, 0) is 7.05 Å². The van der Waals surface area contributed by atoms with Gasteiger partial charge in [-0.3, -0.25) is 4.79 Å². The first kappa shape index (κ1) is 13.8. The molecule has 0 radical (unpaired) electrons. The first-order valence-electron chi connectivity index (χ1n) is 6.37. The van der Waals surface area contributed by atoms with Gasteiger partial charge in [-0.05, 0) is 36.8 Å². The molecule has 2 rings (SSSR count). The lowest BCUT2D eigenvalue weighted by Crippen LogP contribution is -2.22. The highest BCUT2D eigenvalue weighted by atomic mass is 16.5. The van der Waals surface area contributed by atoms with Crippen LogP contribution < -0.4 is 10.3 Å². The summed E-state index contributed by atoms with van der Waals surface area (Å²) in [6.45, 7) is 2.72. The van der Waals surface area contributed by atoms with Crippen LogP contribution in [0.1, 0.15) is 18.9 Å². The Labute approximate surface area is 117 Å². The molecule has 1 heterocycles. The summed E-state index contributed by atoms with van der Waals surface area (Å²) in [6.07, 6.45) is 0.954. The van der Waals surface area contributed by atoms with Crippen molar-refractivity contribution in [3.63, 3.8) is 0 Å². The second-order valence-corrected chi connectivity index (χ2v) is 4.36. The van der Waals surface area contributed by atoms with E-state index < -0.39 is 0 Å². The largest absolute Gasteiger partial charge is 0.494 e. The van der Waals surface area contributed by atoms with Crippen LogP contribution >= 0.6 is 0 Å². The molecule has 0 fully saturated rings. The van der Waals surface area contributed by atoms with E-state index in [1.54, 1.807) is 0 Å². The molecule has 0 saturated carbocycles. The summed E-state index contributed by atoms with van der Waals surface area (Å²) < 4.78 is 6.68. The molecular weight excluding hydrogens is 254 g/mol. The van der Waals surface area contributed by atoms with Gasteiger partial charge in [0.15, 0.2) is 0 Å². The fourth-order valence-corrected chi connectivity index (χ4v) is 1.77. The summed E-state index contributed by atoms with van der Waals surface area (Å²) in [5.41, 5.74) is 1.12. The maximum atomic E-state index is 11.6. The molecule has 0 bridgehead atoms. The van der Waals surface area contributed by atoms with Gasteiger partial charge in [-0.1, -0.05) is 6.92 Å². The minimum Gasteiger partial charge on any atom is -0.494 e. The number of hydrogen-bond donors (Lipinski definition) is 0. The minimum atomic E-state index is -0.390. The predicted molar refractivity (Wildman–Crippen MR) is 75.4 cm³/mol. The average molecular weight is 269 g/mol. The smallest absolute Gasteiger partial charge is 0.284 e. The van der Waals surface area contributed by atoms with E-state index in [1.807, 2.05) is 37.3 Å². The number of hydrogen-bond acceptors (Lipinski definition) is 4. The van der Waals surface area contributed by atoms with Crippen molar-refractivity contribution in [3.8, 4) is 23.1 Å². The van der Waals surface area contributed by atoms with Crippen LogP contribution in [0.5, 0.6) is 5.75 Å². The van der Waals surface area contributed by atoms with Gasteiger partial charge in [0.05, 0.1) is 12.3 Å². The second kappa shape index (κ2) is 6.02. The van der Waals surface area contributed by atoms with Crippen LogP contribution in [0.4, 0.5) is 0 Å². The molecule has 0 atom stereocenters. The zero-order valence-electron chi connectivity index (χ0n) is 11.5. The number of aryl methyl sites for hydroxylation is 1. The molecule has 2 aromatic rings. The van der Waals surface area contributed by atoms with E-state index in [0.29, 0.717) is 12.3 Å². The van der Waals surface area contributed by atoms with Crippen LogP contribution in [0.15, 0.2) is 35.1 Å². The fourth-order valence-electron chi connectivity index (χ4n) is 1.77. The standard InChI is InChI=1S/C15H15N3O2/c1-3-8-20-13-6-4-11(5-7-13)14-9-12(10-16)15(19)18(2)17-14/h4-7,9H,3,8H2,1-2H3. The molecule has 0 spiro atoms. The van der Waals surface area contributed by atoms with Crippen molar-refractivity contribution < 1.29 is 4.74 Å². The Bertz CT molecular complexity index is 697. The summed E-state index contributed by atoms with van der Waals surface area (Å²) in [5.74, 6) is 0.793. The van der Waals surface area contributed by atoms with Crippen LogP contribution in [0.25, 0.3) is 11.3 Å². The minimum absolute atomic E-state index is 0.0869. The third-order valence-electron chi connectivity index (χ3n) is 2.81. The monoisotopic (exact) mass is 269 g/mol. The third-order valence-corrected chi connectivity index (χ3v) is 2.81. The van der Waals surface area contributed by atoms with E-state index >= 15 is 0 Å². The number of rotatable bonds is 4. The van der Waals surface area contributed by atoms with Crippen molar-refractivity contribution in [3.05, 3.63) is 46.2 Å². The van der Waals surface area contributed by atoms with Crippen molar-refractivity contribution in [2.45, 2.75) is 13.3 Å². The lowest BCUT2D eigenvalue weighted by molar-refractivity contribution is 0.317. The molecule has 0 aliphatic heterocycles. The van der Waals surface area contributed by atoms with Gasteiger partial charge in [0.1, 0.15) is 17.4 Å². The zero-order valence-corrected chi connectivity index (χ0v) is 11.5. The van der Waals surface area contributed by atoms with Crippen LogP contribution in [0.2, 0.25) is 0 Å². The van der Waals surface area contributed by atoms with E-state index in [2.05, 4.69) is 5.10 Å². The van der Waals surface area contributed by atoms with Crippen molar-refractivity contribution in [1.29, 1.82) is 5.26 Å². The number of ether oxygens (including phenoxy) is 1. The normalized spacial score (nSPS) is 10.1. The quantitative estimate of drug-likeness (QED) is 0.852. The molecule has 0 amide bonds. The van der Waals surface area contributed by atoms with Crippen molar-refractivity contribution in [1.82, 2.24) is 9.78 Å². The first-order chi connectivity index (χ1) is 9.65. The van der Waals surface area contributed by atoms with Gasteiger partial charge >= 0.3 is 0 Å². The summed E-state index contributed by atoms with van der Waals surface area (Å²) in [6, 6.07) is 10.8. The molecule has 20 heavy (non-hydrogen) atoms. The van der Waals surface area contributed by atoms with Gasteiger partial charge in [0, 0.05) is 12.6 Å². The zero-order chi connectivity index (χ0) is 14.5. The Balaban J connectivity index is 2.35. The van der Waals surface area contributed by atoms with Gasteiger partial charge in [-0.2, -0.15) is 10.4 Å².